The molecule has 0 aliphatic rings. The van der Waals surface area contributed by atoms with Gasteiger partial charge in [-0.25, -0.2) is 0 Å². The van der Waals surface area contributed by atoms with E-state index in [-0.39, 0.29) is 0 Å². The molecule has 9 heavy (non-hydrogen) atoms. The Bertz CT molecular complexity index is 75.5. The first kappa shape index (κ1) is 8.82. The van der Waals surface area contributed by atoms with Crippen molar-refractivity contribution in [2.75, 3.05) is 11.5 Å². The molecule has 0 saturated heterocycles. The van der Waals surface area contributed by atoms with Crippen LogP contribution >= 0.6 is 11.8 Å². The fourth-order valence-electron chi connectivity index (χ4n) is 0.416. The molecule has 0 bridgehead atoms. The summed E-state index contributed by atoms with van der Waals surface area (Å²) < 4.78 is 0. The van der Waals surface area contributed by atoms with Crippen molar-refractivity contribution in [3.63, 3.8) is 0 Å². The zero-order valence-electron chi connectivity index (χ0n) is 5.71. The van der Waals surface area contributed by atoms with Crippen molar-refractivity contribution in [1.82, 2.24) is 0 Å². The third-order valence-corrected chi connectivity index (χ3v) is 1.88. The predicted molar refractivity (Wildman–Crippen MR) is 42.5 cm³/mol. The summed E-state index contributed by atoms with van der Waals surface area (Å²) in [7, 11) is 0. The molecule has 0 unspecified atom stereocenters. The first-order valence-electron chi connectivity index (χ1n) is 3.15. The van der Waals surface area contributed by atoms with Crippen molar-refractivity contribution in [3.05, 3.63) is 0 Å². The van der Waals surface area contributed by atoms with Gasteiger partial charge in [0.1, 0.15) is 0 Å². The van der Waals surface area contributed by atoms with Crippen molar-refractivity contribution in [2.24, 2.45) is 5.16 Å². The SMILES string of the molecule is CCCCSCC=NO. The highest BCUT2D eigenvalue weighted by Gasteiger charge is 1.83. The lowest BCUT2D eigenvalue weighted by Gasteiger charge is -1.91. The molecule has 1 N–H and O–H groups in total. The third-order valence-electron chi connectivity index (χ3n) is 0.916. The van der Waals surface area contributed by atoms with Crippen molar-refractivity contribution in [1.29, 1.82) is 0 Å². The Morgan fingerprint density at radius 2 is 2.44 bits per heavy atom. The summed E-state index contributed by atoms with van der Waals surface area (Å²) in [5.74, 6) is 2.00. The van der Waals surface area contributed by atoms with Crippen LogP contribution < -0.4 is 0 Å². The zero-order valence-corrected chi connectivity index (χ0v) is 6.52. The van der Waals surface area contributed by atoms with Gasteiger partial charge in [-0.3, -0.25) is 0 Å². The molecule has 3 heteroatoms. The molecule has 54 valence electrons. The highest BCUT2D eigenvalue weighted by atomic mass is 32.2. The average molecular weight is 147 g/mol. The maximum absolute atomic E-state index is 7.98. The van der Waals surface area contributed by atoms with Gasteiger partial charge in [-0.1, -0.05) is 13.3 Å². The second-order valence-corrected chi connectivity index (χ2v) is 2.88. The van der Waals surface area contributed by atoms with E-state index in [0.717, 1.165) is 5.75 Å². The monoisotopic (exact) mass is 147 g/mol. The van der Waals surface area contributed by atoms with Crippen LogP contribution in [0.3, 0.4) is 0 Å². The first-order chi connectivity index (χ1) is 4.41. The van der Waals surface area contributed by atoms with Crippen LogP contribution in [0, 0.1) is 0 Å². The number of rotatable bonds is 5. The molecule has 0 aliphatic heterocycles. The molecule has 0 saturated carbocycles. The van der Waals surface area contributed by atoms with E-state index in [1.807, 2.05) is 0 Å². The molecule has 0 amide bonds. The summed E-state index contributed by atoms with van der Waals surface area (Å²) in [5, 5.41) is 10.9. The molecule has 0 fully saturated rings. The molecule has 0 aliphatic carbocycles. The van der Waals surface area contributed by atoms with Gasteiger partial charge in [-0.2, -0.15) is 11.8 Å². The molecular weight excluding hydrogens is 134 g/mol. The average Bonchev–Trinajstić information content (AvgIpc) is 1.89. The van der Waals surface area contributed by atoms with Gasteiger partial charge in [0.25, 0.3) is 0 Å². The second-order valence-electron chi connectivity index (χ2n) is 1.73. The third kappa shape index (κ3) is 7.82. The quantitative estimate of drug-likeness (QED) is 0.279. The van der Waals surface area contributed by atoms with Gasteiger partial charge in [0.15, 0.2) is 0 Å². The molecule has 0 aromatic rings. The van der Waals surface area contributed by atoms with Crippen LogP contribution in [0.5, 0.6) is 0 Å². The maximum Gasteiger partial charge on any atom is 0.0534 e. The molecular formula is C6H13NOS. The summed E-state index contributed by atoms with van der Waals surface area (Å²) in [6.07, 6.45) is 4.01. The minimum atomic E-state index is 0.830. The Kier molecular flexibility index (Phi) is 7.66. The van der Waals surface area contributed by atoms with Gasteiger partial charge in [0.2, 0.25) is 0 Å². The molecule has 0 rings (SSSR count). The smallest absolute Gasteiger partial charge is 0.0534 e. The molecule has 0 spiro atoms. The molecule has 0 aromatic carbocycles. The summed E-state index contributed by atoms with van der Waals surface area (Å²) in [4.78, 5) is 0. The number of hydrogen-bond acceptors (Lipinski definition) is 3. The van der Waals surface area contributed by atoms with Crippen LogP contribution in [0.2, 0.25) is 0 Å². The van der Waals surface area contributed by atoms with E-state index in [4.69, 9.17) is 5.21 Å². The van der Waals surface area contributed by atoms with Crippen LogP contribution in [-0.2, 0) is 0 Å². The molecule has 0 heterocycles. The lowest BCUT2D eigenvalue weighted by molar-refractivity contribution is 0.321. The minimum Gasteiger partial charge on any atom is -0.411 e. The van der Waals surface area contributed by atoms with Gasteiger partial charge >= 0.3 is 0 Å². The van der Waals surface area contributed by atoms with E-state index in [0.29, 0.717) is 0 Å². The van der Waals surface area contributed by atoms with Gasteiger partial charge in [-0.15, -0.1) is 5.16 Å². The minimum absolute atomic E-state index is 0.830. The van der Waals surface area contributed by atoms with E-state index in [9.17, 15) is 0 Å². The largest absolute Gasteiger partial charge is 0.411 e. The fourth-order valence-corrected chi connectivity index (χ4v) is 1.25. The van der Waals surface area contributed by atoms with Crippen LogP contribution in [0.25, 0.3) is 0 Å². The lowest BCUT2D eigenvalue weighted by atomic mass is 10.4. The fraction of sp³-hybridized carbons (Fsp3) is 0.833. The molecule has 0 aromatic heterocycles. The van der Waals surface area contributed by atoms with Crippen LogP contribution in [0.1, 0.15) is 19.8 Å². The highest BCUT2D eigenvalue weighted by Crippen LogP contribution is 2.01. The summed E-state index contributed by atoms with van der Waals surface area (Å²) >= 11 is 1.79. The summed E-state index contributed by atoms with van der Waals surface area (Å²) in [5.41, 5.74) is 0. The Balaban J connectivity index is 2.75. The van der Waals surface area contributed by atoms with Crippen molar-refractivity contribution >= 4 is 18.0 Å². The molecule has 2 nitrogen and oxygen atoms in total. The van der Waals surface area contributed by atoms with Crippen LogP contribution in [0.4, 0.5) is 0 Å². The van der Waals surface area contributed by atoms with Crippen molar-refractivity contribution in [2.45, 2.75) is 19.8 Å². The van der Waals surface area contributed by atoms with Gasteiger partial charge in [0, 0.05) is 5.75 Å². The van der Waals surface area contributed by atoms with Crippen LogP contribution in [-0.4, -0.2) is 22.9 Å². The maximum atomic E-state index is 7.98. The molecule has 0 atom stereocenters. The van der Waals surface area contributed by atoms with E-state index in [2.05, 4.69) is 12.1 Å². The Labute approximate surface area is 60.3 Å². The van der Waals surface area contributed by atoms with E-state index in [1.54, 1.807) is 11.8 Å². The lowest BCUT2D eigenvalue weighted by Crippen LogP contribution is -1.83. The Morgan fingerprint density at radius 1 is 1.67 bits per heavy atom. The van der Waals surface area contributed by atoms with Crippen molar-refractivity contribution < 1.29 is 5.21 Å². The number of thioether (sulfide) groups is 1. The highest BCUT2D eigenvalue weighted by molar-refractivity contribution is 7.99. The summed E-state index contributed by atoms with van der Waals surface area (Å²) in [6, 6.07) is 0. The van der Waals surface area contributed by atoms with E-state index >= 15 is 0 Å². The van der Waals surface area contributed by atoms with Gasteiger partial charge < -0.3 is 5.21 Å². The molecule has 0 radical (unpaired) electrons. The Morgan fingerprint density at radius 3 is 3.00 bits per heavy atom. The standard InChI is InChI=1S/C6H13NOS/c1-2-3-5-9-6-4-7-8/h4,8H,2-3,5-6H2,1H3. The first-order valence-corrected chi connectivity index (χ1v) is 4.31. The van der Waals surface area contributed by atoms with E-state index < -0.39 is 0 Å². The van der Waals surface area contributed by atoms with Crippen LogP contribution in [0.15, 0.2) is 5.16 Å². The number of oxime groups is 1. The summed E-state index contributed by atoms with van der Waals surface area (Å²) in [6.45, 7) is 2.17. The predicted octanol–water partition coefficient (Wildman–Crippen LogP) is 1.98. The van der Waals surface area contributed by atoms with Crippen molar-refractivity contribution in [3.8, 4) is 0 Å². The van der Waals surface area contributed by atoms with Gasteiger partial charge in [-0.05, 0) is 12.2 Å². The normalized spacial score (nSPS) is 10.8. The second kappa shape index (κ2) is 7.82. The number of nitrogens with zero attached hydrogens (tertiary/aromatic N) is 1. The topological polar surface area (TPSA) is 32.6 Å². The number of unbranched alkanes of at least 4 members (excludes halogenated alkanes) is 1. The van der Waals surface area contributed by atoms with E-state index in [1.165, 1.54) is 24.8 Å². The Hall–Kier alpha value is -0.180. The zero-order chi connectivity index (χ0) is 6.95. The number of hydrogen-bond donors (Lipinski definition) is 1. The van der Waals surface area contributed by atoms with Gasteiger partial charge in [0.05, 0.1) is 6.21 Å².